The van der Waals surface area contributed by atoms with Gasteiger partial charge in [0.15, 0.2) is 9.84 Å². The Morgan fingerprint density at radius 1 is 1.25 bits per heavy atom. The van der Waals surface area contributed by atoms with Gasteiger partial charge >= 0.3 is 5.97 Å². The number of sulfone groups is 1. The summed E-state index contributed by atoms with van der Waals surface area (Å²) in [5.74, 6) is -1.15. The summed E-state index contributed by atoms with van der Waals surface area (Å²) in [4.78, 5) is 11.3. The zero-order valence-electron chi connectivity index (χ0n) is 11.1. The van der Waals surface area contributed by atoms with Crippen LogP contribution in [0.25, 0.3) is 10.8 Å². The molecule has 0 aliphatic heterocycles. The molecule has 0 amide bonds. The number of hydrogen-bond donors (Lipinski definition) is 1. The third kappa shape index (κ3) is 2.22. The maximum Gasteiger partial charge on any atom is 0.339 e. The maximum absolute atomic E-state index is 12.2. The van der Waals surface area contributed by atoms with Gasteiger partial charge in [0.1, 0.15) is 11.3 Å². The van der Waals surface area contributed by atoms with Crippen molar-refractivity contribution in [1.82, 2.24) is 0 Å². The molecule has 0 spiro atoms. The maximum atomic E-state index is 12.2. The first-order chi connectivity index (χ1) is 9.42. The molecular formula is C14H14O5S. The second-order valence-electron chi connectivity index (χ2n) is 4.21. The highest BCUT2D eigenvalue weighted by molar-refractivity contribution is 7.91. The van der Waals surface area contributed by atoms with Crippen LogP contribution in [-0.2, 0) is 9.84 Å². The zero-order chi connectivity index (χ0) is 14.9. The molecule has 20 heavy (non-hydrogen) atoms. The summed E-state index contributed by atoms with van der Waals surface area (Å²) in [6.45, 7) is 1.52. The van der Waals surface area contributed by atoms with E-state index in [0.29, 0.717) is 10.8 Å². The fourth-order valence-electron chi connectivity index (χ4n) is 2.11. The Morgan fingerprint density at radius 3 is 2.35 bits per heavy atom. The molecule has 0 saturated carbocycles. The third-order valence-electron chi connectivity index (χ3n) is 3.11. The van der Waals surface area contributed by atoms with Crippen molar-refractivity contribution < 1.29 is 23.1 Å². The van der Waals surface area contributed by atoms with Crippen LogP contribution < -0.4 is 4.74 Å². The minimum Gasteiger partial charge on any atom is -0.495 e. The molecule has 0 radical (unpaired) electrons. The van der Waals surface area contributed by atoms with Crippen LogP contribution in [0.4, 0.5) is 0 Å². The Bertz CT molecular complexity index is 777. The zero-order valence-corrected chi connectivity index (χ0v) is 11.9. The number of benzene rings is 2. The summed E-state index contributed by atoms with van der Waals surface area (Å²) in [6, 6.07) is 7.87. The van der Waals surface area contributed by atoms with Crippen LogP contribution in [0.5, 0.6) is 5.75 Å². The van der Waals surface area contributed by atoms with E-state index in [1.165, 1.54) is 20.1 Å². The number of methoxy groups -OCH3 is 1. The van der Waals surface area contributed by atoms with Crippen molar-refractivity contribution in [1.29, 1.82) is 0 Å². The number of hydrogen-bond acceptors (Lipinski definition) is 4. The van der Waals surface area contributed by atoms with Crippen molar-refractivity contribution in [2.24, 2.45) is 0 Å². The van der Waals surface area contributed by atoms with Crippen molar-refractivity contribution in [3.8, 4) is 5.75 Å². The largest absolute Gasteiger partial charge is 0.495 e. The van der Waals surface area contributed by atoms with E-state index in [4.69, 9.17) is 4.74 Å². The SMILES string of the molecule is CCS(=O)(=O)c1cc(C(=O)O)c(OC)c2ccccc12. The summed E-state index contributed by atoms with van der Waals surface area (Å²) in [5.41, 5.74) is -0.154. The van der Waals surface area contributed by atoms with Gasteiger partial charge in [-0.2, -0.15) is 0 Å². The predicted octanol–water partition coefficient (Wildman–Crippen LogP) is 2.34. The van der Waals surface area contributed by atoms with E-state index in [1.807, 2.05) is 0 Å². The van der Waals surface area contributed by atoms with Gasteiger partial charge in [-0.05, 0) is 6.07 Å². The van der Waals surface area contributed by atoms with Crippen molar-refractivity contribution in [3.05, 3.63) is 35.9 Å². The molecule has 1 N–H and O–H groups in total. The summed E-state index contributed by atoms with van der Waals surface area (Å²) in [6.07, 6.45) is 0. The first-order valence-electron chi connectivity index (χ1n) is 5.98. The van der Waals surface area contributed by atoms with Crippen molar-refractivity contribution in [2.75, 3.05) is 12.9 Å². The van der Waals surface area contributed by atoms with E-state index < -0.39 is 15.8 Å². The number of carbonyl (C=O) groups is 1. The first kappa shape index (κ1) is 14.3. The van der Waals surface area contributed by atoms with Crippen LogP contribution >= 0.6 is 0 Å². The molecule has 0 bridgehead atoms. The highest BCUT2D eigenvalue weighted by Gasteiger charge is 2.23. The topological polar surface area (TPSA) is 80.7 Å². The van der Waals surface area contributed by atoms with Gasteiger partial charge in [-0.1, -0.05) is 31.2 Å². The lowest BCUT2D eigenvalue weighted by atomic mass is 10.1. The van der Waals surface area contributed by atoms with Gasteiger partial charge in [0.2, 0.25) is 0 Å². The van der Waals surface area contributed by atoms with Crippen LogP contribution in [0.3, 0.4) is 0 Å². The molecule has 0 aliphatic rings. The second kappa shape index (κ2) is 5.13. The summed E-state index contributed by atoms with van der Waals surface area (Å²) < 4.78 is 29.5. The van der Waals surface area contributed by atoms with Gasteiger partial charge in [0.05, 0.1) is 17.8 Å². The predicted molar refractivity (Wildman–Crippen MR) is 75.2 cm³/mol. The number of rotatable bonds is 4. The van der Waals surface area contributed by atoms with Gasteiger partial charge in [-0.3, -0.25) is 0 Å². The van der Waals surface area contributed by atoms with E-state index in [-0.39, 0.29) is 22.0 Å². The molecule has 2 aromatic rings. The molecule has 2 aromatic carbocycles. The lowest BCUT2D eigenvalue weighted by Gasteiger charge is -2.13. The Morgan fingerprint density at radius 2 is 1.85 bits per heavy atom. The van der Waals surface area contributed by atoms with E-state index in [1.54, 1.807) is 24.3 Å². The molecule has 0 aliphatic carbocycles. The number of carboxylic acids is 1. The van der Waals surface area contributed by atoms with Gasteiger partial charge in [0, 0.05) is 10.8 Å². The molecule has 5 nitrogen and oxygen atoms in total. The van der Waals surface area contributed by atoms with Gasteiger partial charge in [-0.15, -0.1) is 0 Å². The first-order valence-corrected chi connectivity index (χ1v) is 7.63. The second-order valence-corrected chi connectivity index (χ2v) is 6.46. The Balaban J connectivity index is 3.00. The van der Waals surface area contributed by atoms with Gasteiger partial charge in [-0.25, -0.2) is 13.2 Å². The van der Waals surface area contributed by atoms with Crippen LogP contribution in [0, 0.1) is 0 Å². The summed E-state index contributed by atoms with van der Waals surface area (Å²) >= 11 is 0. The molecule has 6 heteroatoms. The number of aromatic carboxylic acids is 1. The van der Waals surface area contributed by atoms with Gasteiger partial charge in [0.25, 0.3) is 0 Å². The molecule has 2 rings (SSSR count). The highest BCUT2D eigenvalue weighted by atomic mass is 32.2. The van der Waals surface area contributed by atoms with E-state index in [9.17, 15) is 18.3 Å². The standard InChI is InChI=1S/C14H14O5S/c1-3-20(17,18)12-8-11(14(15)16)13(19-2)10-7-5-4-6-9(10)12/h4-8H,3H2,1-2H3,(H,15,16). The molecule has 0 fully saturated rings. The quantitative estimate of drug-likeness (QED) is 0.936. The average Bonchev–Trinajstić information content (AvgIpc) is 2.45. The van der Waals surface area contributed by atoms with Crippen molar-refractivity contribution >= 4 is 26.6 Å². The molecule has 0 unspecified atom stereocenters. The molecular weight excluding hydrogens is 280 g/mol. The highest BCUT2D eigenvalue weighted by Crippen LogP contribution is 2.35. The van der Waals surface area contributed by atoms with E-state index in [2.05, 4.69) is 0 Å². The summed E-state index contributed by atoms with van der Waals surface area (Å²) in [5, 5.41) is 10.2. The molecule has 0 atom stereocenters. The number of fused-ring (bicyclic) bond motifs is 1. The number of ether oxygens (including phenoxy) is 1. The Labute approximate surface area is 116 Å². The molecule has 106 valence electrons. The monoisotopic (exact) mass is 294 g/mol. The van der Waals surface area contributed by atoms with Crippen LogP contribution in [0.1, 0.15) is 17.3 Å². The van der Waals surface area contributed by atoms with Crippen LogP contribution in [0.15, 0.2) is 35.2 Å². The normalized spacial score (nSPS) is 11.5. The minimum absolute atomic E-state index is 0.0220. The lowest BCUT2D eigenvalue weighted by Crippen LogP contribution is -2.09. The van der Waals surface area contributed by atoms with Crippen molar-refractivity contribution in [3.63, 3.8) is 0 Å². The van der Waals surface area contributed by atoms with Crippen LogP contribution in [0.2, 0.25) is 0 Å². The average molecular weight is 294 g/mol. The smallest absolute Gasteiger partial charge is 0.339 e. The van der Waals surface area contributed by atoms with E-state index in [0.717, 1.165) is 0 Å². The minimum atomic E-state index is -3.52. The molecule has 0 heterocycles. The summed E-state index contributed by atoms with van der Waals surface area (Å²) in [7, 11) is -2.16. The molecule has 0 aromatic heterocycles. The number of carboxylic acid groups (broad SMARTS) is 1. The van der Waals surface area contributed by atoms with Crippen LogP contribution in [-0.4, -0.2) is 32.4 Å². The Hall–Kier alpha value is -2.08. The molecule has 0 saturated heterocycles. The van der Waals surface area contributed by atoms with Gasteiger partial charge < -0.3 is 9.84 Å². The fourth-order valence-corrected chi connectivity index (χ4v) is 3.23. The Kier molecular flexibility index (Phi) is 3.67. The van der Waals surface area contributed by atoms with Crippen molar-refractivity contribution in [2.45, 2.75) is 11.8 Å². The fraction of sp³-hybridized carbons (Fsp3) is 0.214. The third-order valence-corrected chi connectivity index (χ3v) is 4.87. The van der Waals surface area contributed by atoms with E-state index >= 15 is 0 Å². The lowest BCUT2D eigenvalue weighted by molar-refractivity contribution is 0.0693.